The van der Waals surface area contributed by atoms with Crippen LogP contribution >= 0.6 is 15.9 Å². The number of rotatable bonds is 5. The van der Waals surface area contributed by atoms with E-state index in [0.717, 1.165) is 0 Å². The maximum Gasteiger partial charge on any atom is 0.245 e. The third-order valence-corrected chi connectivity index (χ3v) is 4.87. The van der Waals surface area contributed by atoms with Gasteiger partial charge >= 0.3 is 0 Å². The molecule has 108 valence electrons. The minimum atomic E-state index is -3.81. The number of benzene rings is 1. The molecule has 0 aliphatic heterocycles. The van der Waals surface area contributed by atoms with Gasteiger partial charge in [0.25, 0.3) is 0 Å². The summed E-state index contributed by atoms with van der Waals surface area (Å²) in [4.78, 5) is -0.0608. The molecule has 0 fully saturated rings. The minimum Gasteiger partial charge on any atom is -0.452 e. The first-order chi connectivity index (χ1) is 9.44. The largest absolute Gasteiger partial charge is 0.452 e. The highest BCUT2D eigenvalue weighted by Gasteiger charge is 2.22. The first kappa shape index (κ1) is 15.2. The van der Waals surface area contributed by atoms with E-state index in [0.29, 0.717) is 5.76 Å². The third-order valence-electron chi connectivity index (χ3n) is 2.61. The Balaban J connectivity index is 2.19. The van der Waals surface area contributed by atoms with E-state index in [4.69, 9.17) is 10.2 Å². The van der Waals surface area contributed by atoms with E-state index < -0.39 is 15.8 Å². The summed E-state index contributed by atoms with van der Waals surface area (Å²) in [5.41, 5.74) is 5.64. The molecular weight excluding hydrogens is 351 g/mol. The van der Waals surface area contributed by atoms with Crippen LogP contribution in [-0.2, 0) is 23.1 Å². The summed E-state index contributed by atoms with van der Waals surface area (Å²) in [6.07, 6.45) is 0. The van der Waals surface area contributed by atoms with Gasteiger partial charge in [0.05, 0.1) is 6.54 Å². The molecule has 0 aliphatic rings. The molecule has 0 bridgehead atoms. The molecule has 1 aromatic carbocycles. The Morgan fingerprint density at radius 1 is 1.35 bits per heavy atom. The van der Waals surface area contributed by atoms with Gasteiger partial charge < -0.3 is 10.2 Å². The molecule has 0 spiro atoms. The maximum absolute atomic E-state index is 13.4. The molecule has 0 aliphatic carbocycles. The highest BCUT2D eigenvalue weighted by atomic mass is 79.9. The van der Waals surface area contributed by atoms with Crippen LogP contribution in [0.5, 0.6) is 0 Å². The molecule has 2 aromatic rings. The van der Waals surface area contributed by atoms with Crippen molar-refractivity contribution in [2.24, 2.45) is 5.73 Å². The Bertz CT molecular complexity index is 715. The number of hydrogen-bond acceptors (Lipinski definition) is 4. The van der Waals surface area contributed by atoms with Gasteiger partial charge in [0.2, 0.25) is 10.0 Å². The lowest BCUT2D eigenvalue weighted by molar-refractivity contribution is 0.483. The predicted octanol–water partition coefficient (Wildman–Crippen LogP) is 2.12. The first-order valence-corrected chi connectivity index (χ1v) is 7.93. The number of furan rings is 1. The normalized spacial score (nSPS) is 11.8. The zero-order valence-corrected chi connectivity index (χ0v) is 12.7. The highest BCUT2D eigenvalue weighted by molar-refractivity contribution is 9.10. The molecule has 0 saturated heterocycles. The van der Waals surface area contributed by atoms with E-state index >= 15 is 0 Å². The van der Waals surface area contributed by atoms with Crippen molar-refractivity contribution in [3.8, 4) is 0 Å². The fourth-order valence-electron chi connectivity index (χ4n) is 1.57. The molecule has 0 amide bonds. The van der Waals surface area contributed by atoms with Gasteiger partial charge in [-0.25, -0.2) is 17.5 Å². The van der Waals surface area contributed by atoms with Crippen molar-refractivity contribution < 1.29 is 17.2 Å². The van der Waals surface area contributed by atoms with Gasteiger partial charge in [-0.05, 0) is 22.0 Å². The van der Waals surface area contributed by atoms with Crippen LogP contribution in [0.3, 0.4) is 0 Å². The molecule has 0 atom stereocenters. The van der Waals surface area contributed by atoms with E-state index in [2.05, 4.69) is 20.7 Å². The monoisotopic (exact) mass is 362 g/mol. The molecule has 1 heterocycles. The Morgan fingerprint density at radius 2 is 2.05 bits per heavy atom. The van der Waals surface area contributed by atoms with Gasteiger partial charge in [-0.15, -0.1) is 0 Å². The van der Waals surface area contributed by atoms with Crippen LogP contribution in [0.15, 0.2) is 44.3 Å². The fraction of sp³-hybridized carbons (Fsp3) is 0.167. The molecule has 20 heavy (non-hydrogen) atoms. The number of nitrogens with two attached hydrogens (primary N) is 1. The molecule has 2 rings (SSSR count). The summed E-state index contributed by atoms with van der Waals surface area (Å²) < 4.78 is 45.1. The summed E-state index contributed by atoms with van der Waals surface area (Å²) in [6.45, 7) is -0.0635. The fourth-order valence-corrected chi connectivity index (χ4v) is 3.58. The predicted molar refractivity (Wildman–Crippen MR) is 74.7 cm³/mol. The molecular formula is C12H12BrFN2O3S. The van der Waals surface area contributed by atoms with Crippen LogP contribution in [-0.4, -0.2) is 8.42 Å². The summed E-state index contributed by atoms with van der Waals surface area (Å²) >= 11 is 3.02. The van der Waals surface area contributed by atoms with E-state index in [1.54, 1.807) is 6.07 Å². The van der Waals surface area contributed by atoms with Gasteiger partial charge in [0.1, 0.15) is 16.5 Å². The molecule has 5 nitrogen and oxygen atoms in total. The van der Waals surface area contributed by atoms with Gasteiger partial charge in [0.15, 0.2) is 4.67 Å². The average molecular weight is 363 g/mol. The Hall–Kier alpha value is -1.22. The second kappa shape index (κ2) is 6.04. The second-order valence-corrected chi connectivity index (χ2v) is 6.43. The lowest BCUT2D eigenvalue weighted by atomic mass is 10.2. The smallest absolute Gasteiger partial charge is 0.245 e. The zero-order chi connectivity index (χ0) is 14.8. The maximum atomic E-state index is 13.4. The van der Waals surface area contributed by atoms with Crippen LogP contribution in [0.1, 0.15) is 11.3 Å². The molecule has 3 N–H and O–H groups in total. The molecule has 0 saturated carbocycles. The molecule has 1 aromatic heterocycles. The minimum absolute atomic E-state index is 0.0608. The van der Waals surface area contributed by atoms with Crippen molar-refractivity contribution in [2.75, 3.05) is 0 Å². The van der Waals surface area contributed by atoms with Gasteiger partial charge in [-0.2, -0.15) is 0 Å². The Kier molecular flexibility index (Phi) is 4.59. The quantitative estimate of drug-likeness (QED) is 0.852. The number of hydrogen-bond donors (Lipinski definition) is 2. The summed E-state index contributed by atoms with van der Waals surface area (Å²) in [5, 5.41) is 0. The van der Waals surface area contributed by atoms with Crippen LogP contribution in [0.4, 0.5) is 4.39 Å². The van der Waals surface area contributed by atoms with Gasteiger partial charge in [0, 0.05) is 18.2 Å². The van der Waals surface area contributed by atoms with E-state index in [1.807, 2.05) is 0 Å². The summed E-state index contributed by atoms with van der Waals surface area (Å²) in [6, 6.07) is 7.27. The van der Waals surface area contributed by atoms with Crippen molar-refractivity contribution in [3.63, 3.8) is 0 Å². The summed E-state index contributed by atoms with van der Waals surface area (Å²) in [7, 11) is -3.81. The lowest BCUT2D eigenvalue weighted by Crippen LogP contribution is -2.23. The molecule has 0 radical (unpaired) electrons. The van der Waals surface area contributed by atoms with Gasteiger partial charge in [-0.3, -0.25) is 0 Å². The van der Waals surface area contributed by atoms with Crippen LogP contribution in [0, 0.1) is 5.82 Å². The number of sulfonamides is 1. The van der Waals surface area contributed by atoms with Crippen molar-refractivity contribution in [3.05, 3.63) is 52.1 Å². The molecule has 8 heteroatoms. The van der Waals surface area contributed by atoms with Gasteiger partial charge in [-0.1, -0.05) is 18.2 Å². The zero-order valence-electron chi connectivity index (χ0n) is 10.3. The number of halogens is 2. The van der Waals surface area contributed by atoms with Crippen molar-refractivity contribution in [2.45, 2.75) is 18.0 Å². The van der Waals surface area contributed by atoms with Crippen LogP contribution < -0.4 is 10.5 Å². The average Bonchev–Trinajstić information content (AvgIpc) is 2.80. The van der Waals surface area contributed by atoms with Crippen molar-refractivity contribution >= 4 is 26.0 Å². The lowest BCUT2D eigenvalue weighted by Gasteiger charge is -2.06. The van der Waals surface area contributed by atoms with Crippen LogP contribution in [0.2, 0.25) is 0 Å². The topological polar surface area (TPSA) is 85.3 Å². The van der Waals surface area contributed by atoms with Crippen molar-refractivity contribution in [1.82, 2.24) is 4.72 Å². The second-order valence-electron chi connectivity index (χ2n) is 3.97. The van der Waals surface area contributed by atoms with Crippen molar-refractivity contribution in [1.29, 1.82) is 0 Å². The Labute approximate surface area is 124 Å². The van der Waals surface area contributed by atoms with E-state index in [9.17, 15) is 12.8 Å². The Morgan fingerprint density at radius 3 is 2.65 bits per heavy atom. The molecule has 0 unspecified atom stereocenters. The first-order valence-electron chi connectivity index (χ1n) is 5.65. The standard InChI is InChI=1S/C12H12BrFN2O3S/c13-12-11(5-9(6-15)19-12)20(17,18)16-7-8-3-1-2-4-10(8)14/h1-5,16H,6-7,15H2. The highest BCUT2D eigenvalue weighted by Crippen LogP contribution is 2.26. The van der Waals surface area contributed by atoms with E-state index in [1.165, 1.54) is 24.3 Å². The van der Waals surface area contributed by atoms with E-state index in [-0.39, 0.29) is 28.2 Å². The van der Waals surface area contributed by atoms with Crippen LogP contribution in [0.25, 0.3) is 0 Å². The number of nitrogens with one attached hydrogen (secondary N) is 1. The SMILES string of the molecule is NCc1cc(S(=O)(=O)NCc2ccccc2F)c(Br)o1. The summed E-state index contributed by atoms with van der Waals surface area (Å²) in [5.74, 6) is -0.132. The third kappa shape index (κ3) is 3.26.